The van der Waals surface area contributed by atoms with Gasteiger partial charge >= 0.3 is 0 Å². The van der Waals surface area contributed by atoms with Gasteiger partial charge in [-0.3, -0.25) is 19.4 Å². The standard InChI is InChI=1S/C26H30FN5O3/c1-14-12-18(8-9-19(14)27)30-23(34)20-16(3)21(32(5)17(20)4)22(33)24(35)31-26(10-6-7-11-26)25-28-13-15(2)29-25/h8-9,12H,6-7,10-11,13H2,1-5H3,(H,30,34)(H,31,35). The predicted molar refractivity (Wildman–Crippen MR) is 133 cm³/mol. The molecule has 2 aliphatic rings. The Labute approximate surface area is 203 Å². The number of carbonyl (C=O) groups excluding carboxylic acids is 3. The van der Waals surface area contributed by atoms with Gasteiger partial charge in [-0.25, -0.2) is 9.38 Å². The fraction of sp³-hybridized carbons (Fsp3) is 0.423. The van der Waals surface area contributed by atoms with Crippen molar-refractivity contribution in [1.82, 2.24) is 9.88 Å². The predicted octanol–water partition coefficient (Wildman–Crippen LogP) is 3.83. The third-order valence-electron chi connectivity index (χ3n) is 6.99. The van der Waals surface area contributed by atoms with E-state index in [1.54, 1.807) is 32.4 Å². The van der Waals surface area contributed by atoms with Crippen LogP contribution in [0.4, 0.5) is 10.1 Å². The maximum absolute atomic E-state index is 13.6. The van der Waals surface area contributed by atoms with Crippen molar-refractivity contribution in [2.45, 2.75) is 58.9 Å². The molecule has 9 heteroatoms. The molecule has 0 atom stereocenters. The van der Waals surface area contributed by atoms with Crippen LogP contribution in [0.1, 0.15) is 70.3 Å². The molecule has 2 heterocycles. The molecule has 0 spiro atoms. The number of hydrogen-bond acceptors (Lipinski definition) is 5. The van der Waals surface area contributed by atoms with Crippen molar-refractivity contribution >= 4 is 34.8 Å². The zero-order valence-corrected chi connectivity index (χ0v) is 20.7. The SMILES string of the molecule is CC1=NC(C2(NC(=O)C(=O)c3c(C)c(C(=O)Nc4ccc(F)c(C)c4)c(C)n3C)CCCC2)=NC1. The first-order chi connectivity index (χ1) is 16.5. The van der Waals surface area contributed by atoms with Crippen molar-refractivity contribution in [3.8, 4) is 0 Å². The second-order valence-corrected chi connectivity index (χ2v) is 9.47. The summed E-state index contributed by atoms with van der Waals surface area (Å²) in [7, 11) is 1.65. The van der Waals surface area contributed by atoms with Crippen LogP contribution >= 0.6 is 0 Å². The molecule has 2 amide bonds. The van der Waals surface area contributed by atoms with Crippen LogP contribution in [0.5, 0.6) is 0 Å². The number of Topliss-reactive ketones (excluding diaryl/α,β-unsaturated/α-hetero) is 1. The Kier molecular flexibility index (Phi) is 6.44. The van der Waals surface area contributed by atoms with Crippen LogP contribution in [0.2, 0.25) is 0 Å². The molecule has 1 saturated carbocycles. The van der Waals surface area contributed by atoms with Gasteiger partial charge in [-0.2, -0.15) is 0 Å². The van der Waals surface area contributed by atoms with Crippen LogP contribution in [0.3, 0.4) is 0 Å². The number of aliphatic imine (C=N–C) groups is 2. The van der Waals surface area contributed by atoms with Crippen molar-refractivity contribution in [2.24, 2.45) is 17.0 Å². The lowest BCUT2D eigenvalue weighted by molar-refractivity contribution is -0.118. The van der Waals surface area contributed by atoms with E-state index in [2.05, 4.69) is 20.6 Å². The number of amidine groups is 1. The van der Waals surface area contributed by atoms with E-state index in [4.69, 9.17) is 0 Å². The molecule has 1 aliphatic carbocycles. The first-order valence-corrected chi connectivity index (χ1v) is 11.7. The number of ketones is 1. The van der Waals surface area contributed by atoms with Gasteiger partial charge in [0, 0.05) is 24.1 Å². The van der Waals surface area contributed by atoms with Gasteiger partial charge in [0.05, 0.1) is 23.3 Å². The van der Waals surface area contributed by atoms with E-state index in [-0.39, 0.29) is 11.5 Å². The van der Waals surface area contributed by atoms with Crippen LogP contribution in [0.15, 0.2) is 28.2 Å². The summed E-state index contributed by atoms with van der Waals surface area (Å²) in [5.74, 6) is -1.66. The molecule has 0 bridgehead atoms. The first kappa shape index (κ1) is 24.5. The second-order valence-electron chi connectivity index (χ2n) is 9.47. The molecule has 2 aromatic rings. The minimum Gasteiger partial charge on any atom is -0.344 e. The Morgan fingerprint density at radius 3 is 2.37 bits per heavy atom. The summed E-state index contributed by atoms with van der Waals surface area (Å²) in [4.78, 5) is 48.6. The van der Waals surface area contributed by atoms with Crippen LogP contribution in [0.25, 0.3) is 0 Å². The maximum Gasteiger partial charge on any atom is 0.294 e. The number of carbonyl (C=O) groups is 3. The topological polar surface area (TPSA) is 105 Å². The molecule has 35 heavy (non-hydrogen) atoms. The molecule has 184 valence electrons. The van der Waals surface area contributed by atoms with Crippen molar-refractivity contribution < 1.29 is 18.8 Å². The van der Waals surface area contributed by atoms with Crippen LogP contribution in [0, 0.1) is 26.6 Å². The van der Waals surface area contributed by atoms with Gasteiger partial charge in [0.15, 0.2) is 0 Å². The monoisotopic (exact) mass is 479 g/mol. The fourth-order valence-electron chi connectivity index (χ4n) is 5.01. The second kappa shape index (κ2) is 9.20. The molecular formula is C26H30FN5O3. The van der Waals surface area contributed by atoms with E-state index in [9.17, 15) is 18.8 Å². The molecule has 0 unspecified atom stereocenters. The molecule has 1 fully saturated rings. The molecule has 0 saturated heterocycles. The normalized spacial score (nSPS) is 16.6. The molecule has 1 aromatic heterocycles. The van der Waals surface area contributed by atoms with E-state index in [1.807, 2.05) is 6.92 Å². The highest BCUT2D eigenvalue weighted by molar-refractivity contribution is 6.43. The number of aryl methyl sites for hydroxylation is 1. The smallest absolute Gasteiger partial charge is 0.294 e. The zero-order valence-electron chi connectivity index (χ0n) is 20.7. The largest absolute Gasteiger partial charge is 0.344 e. The molecule has 4 rings (SSSR count). The van der Waals surface area contributed by atoms with Crippen LogP contribution < -0.4 is 10.6 Å². The number of benzene rings is 1. The Morgan fingerprint density at radius 1 is 1.09 bits per heavy atom. The molecule has 0 radical (unpaired) electrons. The summed E-state index contributed by atoms with van der Waals surface area (Å²) >= 11 is 0. The summed E-state index contributed by atoms with van der Waals surface area (Å²) in [6.07, 6.45) is 3.18. The maximum atomic E-state index is 13.6. The number of hydrogen-bond donors (Lipinski definition) is 2. The Bertz CT molecular complexity index is 1300. The number of nitrogens with zero attached hydrogens (tertiary/aromatic N) is 3. The third kappa shape index (κ3) is 4.42. The van der Waals surface area contributed by atoms with Crippen molar-refractivity contribution in [3.05, 3.63) is 52.1 Å². The van der Waals surface area contributed by atoms with Crippen molar-refractivity contribution in [3.63, 3.8) is 0 Å². The summed E-state index contributed by atoms with van der Waals surface area (Å²) in [5.41, 5.74) is 2.41. The Hall–Kier alpha value is -3.62. The molecule has 1 aromatic carbocycles. The Balaban J connectivity index is 1.59. The van der Waals surface area contributed by atoms with Gasteiger partial charge in [0.2, 0.25) is 0 Å². The average Bonchev–Trinajstić information content (AvgIpc) is 3.50. The van der Waals surface area contributed by atoms with Gasteiger partial charge < -0.3 is 15.2 Å². The number of aromatic nitrogens is 1. The molecule has 1 aliphatic heterocycles. The van der Waals surface area contributed by atoms with E-state index in [0.29, 0.717) is 53.3 Å². The fourth-order valence-corrected chi connectivity index (χ4v) is 5.01. The summed E-state index contributed by atoms with van der Waals surface area (Å²) in [6.45, 7) is 7.37. The van der Waals surface area contributed by atoms with Crippen molar-refractivity contribution in [2.75, 3.05) is 11.9 Å². The Morgan fingerprint density at radius 2 is 1.77 bits per heavy atom. The minimum absolute atomic E-state index is 0.154. The van der Waals surface area contributed by atoms with E-state index >= 15 is 0 Å². The van der Waals surface area contributed by atoms with E-state index in [0.717, 1.165) is 18.6 Å². The van der Waals surface area contributed by atoms with E-state index in [1.165, 1.54) is 18.2 Å². The lowest BCUT2D eigenvalue weighted by atomic mass is 9.95. The van der Waals surface area contributed by atoms with Crippen LogP contribution in [-0.4, -0.2) is 45.8 Å². The summed E-state index contributed by atoms with van der Waals surface area (Å²) in [5, 5.41) is 5.70. The third-order valence-corrected chi connectivity index (χ3v) is 6.99. The van der Waals surface area contributed by atoms with E-state index < -0.39 is 23.1 Å². The van der Waals surface area contributed by atoms with Gasteiger partial charge in [-0.05, 0) is 69.9 Å². The lowest BCUT2D eigenvalue weighted by Gasteiger charge is -2.28. The highest BCUT2D eigenvalue weighted by atomic mass is 19.1. The van der Waals surface area contributed by atoms with Crippen molar-refractivity contribution in [1.29, 1.82) is 0 Å². The number of rotatable bonds is 6. The molecular weight excluding hydrogens is 449 g/mol. The molecule has 2 N–H and O–H groups in total. The highest BCUT2D eigenvalue weighted by Gasteiger charge is 2.43. The first-order valence-electron chi connectivity index (χ1n) is 11.7. The van der Waals surface area contributed by atoms with Gasteiger partial charge in [-0.1, -0.05) is 12.8 Å². The highest BCUT2D eigenvalue weighted by Crippen LogP contribution is 2.33. The molecule has 8 nitrogen and oxygen atoms in total. The van der Waals surface area contributed by atoms with Gasteiger partial charge in [-0.15, -0.1) is 0 Å². The van der Waals surface area contributed by atoms with Crippen LogP contribution in [-0.2, 0) is 11.8 Å². The summed E-state index contributed by atoms with van der Waals surface area (Å²) in [6, 6.07) is 4.30. The summed E-state index contributed by atoms with van der Waals surface area (Å²) < 4.78 is 15.2. The quantitative estimate of drug-likeness (QED) is 0.486. The van der Waals surface area contributed by atoms with Gasteiger partial charge in [0.1, 0.15) is 11.7 Å². The average molecular weight is 480 g/mol. The lowest BCUT2D eigenvalue weighted by Crippen LogP contribution is -2.53. The number of halogens is 1. The minimum atomic E-state index is -0.737. The number of amides is 2. The zero-order chi connectivity index (χ0) is 25.5. The number of anilines is 1. The number of nitrogens with one attached hydrogen (secondary N) is 2. The van der Waals surface area contributed by atoms with Gasteiger partial charge in [0.25, 0.3) is 17.6 Å².